The van der Waals surface area contributed by atoms with Crippen molar-refractivity contribution in [2.75, 3.05) is 0 Å². The fraction of sp³-hybridized carbons (Fsp3) is 0.125. The van der Waals surface area contributed by atoms with E-state index in [1.54, 1.807) is 4.98 Å². The van der Waals surface area contributed by atoms with E-state index in [4.69, 9.17) is 10.8 Å². The van der Waals surface area contributed by atoms with Crippen molar-refractivity contribution >= 4 is 18.2 Å². The van der Waals surface area contributed by atoms with Crippen LogP contribution in [-0.2, 0) is 4.74 Å². The Morgan fingerprint density at radius 3 is 2.60 bits per heavy atom. The summed E-state index contributed by atoms with van der Waals surface area (Å²) in [5.41, 5.74) is 1.21. The van der Waals surface area contributed by atoms with Crippen LogP contribution in [-0.4, -0.2) is 39.1 Å². The van der Waals surface area contributed by atoms with E-state index < -0.39 is 40.3 Å². The van der Waals surface area contributed by atoms with Gasteiger partial charge >= 0.3 is 23.5 Å². The van der Waals surface area contributed by atoms with E-state index in [0.29, 0.717) is 0 Å². The van der Waals surface area contributed by atoms with Gasteiger partial charge in [-0.1, -0.05) is 5.11 Å². The number of carboxylic acids is 1. The van der Waals surface area contributed by atoms with Crippen molar-refractivity contribution < 1.29 is 19.4 Å². The molecule has 12 nitrogen and oxygen atoms in total. The van der Waals surface area contributed by atoms with Crippen molar-refractivity contribution in [3.05, 3.63) is 32.1 Å². The number of nitrogens with one attached hydrogen (secondary N) is 2. The average Bonchev–Trinajstić information content (AvgIpc) is 2.73. The van der Waals surface area contributed by atoms with Gasteiger partial charge in [-0.15, -0.1) is 5.10 Å². The summed E-state index contributed by atoms with van der Waals surface area (Å²) in [7, 11) is 0. The molecule has 1 unspecified atom stereocenters. The molecule has 0 bridgehead atoms. The van der Waals surface area contributed by atoms with Crippen LogP contribution in [0.4, 0.5) is 0 Å². The Balaban J connectivity index is 2.47. The Labute approximate surface area is 108 Å². The number of nitrogens with two attached hydrogens (primary N) is 1. The van der Waals surface area contributed by atoms with Gasteiger partial charge in [0.1, 0.15) is 11.9 Å². The molecular weight excluding hydrogens is 276 g/mol. The minimum Gasteiger partial charge on any atom is -0.477 e. The van der Waals surface area contributed by atoms with Gasteiger partial charge in [0.2, 0.25) is 0 Å². The quantitative estimate of drug-likeness (QED) is 0.363. The van der Waals surface area contributed by atoms with Crippen molar-refractivity contribution in [1.82, 2.24) is 9.97 Å². The third-order valence-electron chi connectivity index (χ3n) is 2.11. The third-order valence-corrected chi connectivity index (χ3v) is 2.11. The molecule has 0 saturated carbocycles. The van der Waals surface area contributed by atoms with Crippen LogP contribution in [0.5, 0.6) is 0 Å². The van der Waals surface area contributed by atoms with Gasteiger partial charge in [-0.05, 0) is 5.22 Å². The van der Waals surface area contributed by atoms with Crippen LogP contribution < -0.4 is 17.0 Å². The summed E-state index contributed by atoms with van der Waals surface area (Å²) in [6.45, 7) is 0. The van der Waals surface area contributed by atoms with Crippen LogP contribution in [0.2, 0.25) is 0 Å². The maximum atomic E-state index is 11.8. The molecule has 0 spiro atoms. The van der Waals surface area contributed by atoms with Gasteiger partial charge in [0.15, 0.2) is 5.56 Å². The van der Waals surface area contributed by atoms with Gasteiger partial charge in [-0.2, -0.15) is 0 Å². The van der Waals surface area contributed by atoms with Crippen LogP contribution in [0.1, 0.15) is 20.8 Å². The number of hydrogen-bond donors (Lipinski definition) is 4. The second-order valence-electron chi connectivity index (χ2n) is 3.54. The summed E-state index contributed by atoms with van der Waals surface area (Å²) in [5.74, 6) is -5.13. The first-order chi connectivity index (χ1) is 9.32. The summed E-state index contributed by atoms with van der Waals surface area (Å²) >= 11 is 0. The molecule has 0 aliphatic carbocycles. The molecule has 20 heavy (non-hydrogen) atoms. The zero-order chi connectivity index (χ0) is 14.9. The fourth-order valence-electron chi connectivity index (χ4n) is 1.32. The molecular formula is C8H6N6O6. The Hall–Kier alpha value is -3.15. The molecule has 1 aromatic heterocycles. The van der Waals surface area contributed by atoms with Gasteiger partial charge in [-0.25, -0.2) is 14.4 Å². The van der Waals surface area contributed by atoms with Crippen molar-refractivity contribution in [2.45, 2.75) is 5.85 Å². The lowest BCUT2D eigenvalue weighted by Crippen LogP contribution is -2.44. The van der Waals surface area contributed by atoms with Crippen molar-refractivity contribution in [3.63, 3.8) is 0 Å². The second-order valence-corrected chi connectivity index (χ2v) is 3.54. The lowest BCUT2D eigenvalue weighted by molar-refractivity contribution is 0.0164. The molecule has 12 heteroatoms. The first-order valence-electron chi connectivity index (χ1n) is 4.91. The van der Waals surface area contributed by atoms with Gasteiger partial charge in [0.25, 0.3) is 5.56 Å². The van der Waals surface area contributed by atoms with Crippen molar-refractivity contribution in [2.24, 2.45) is 21.2 Å². The lowest BCUT2D eigenvalue weighted by Gasteiger charge is -2.15. The van der Waals surface area contributed by atoms with Gasteiger partial charge in [0.05, 0.1) is 0 Å². The second kappa shape index (κ2) is 4.51. The topological polar surface area (TPSA) is 192 Å². The van der Waals surface area contributed by atoms with Crippen LogP contribution in [0.3, 0.4) is 0 Å². The summed E-state index contributed by atoms with van der Waals surface area (Å²) in [6, 6.07) is 0. The Bertz CT molecular complexity index is 745. The Morgan fingerprint density at radius 2 is 2.05 bits per heavy atom. The van der Waals surface area contributed by atoms with Crippen LogP contribution in [0.25, 0.3) is 0 Å². The molecule has 2 heterocycles. The van der Waals surface area contributed by atoms with E-state index in [2.05, 4.69) is 20.2 Å². The molecule has 1 aliphatic rings. The van der Waals surface area contributed by atoms with E-state index in [1.807, 2.05) is 4.98 Å². The molecule has 0 aromatic carbocycles. The van der Waals surface area contributed by atoms with Crippen LogP contribution in [0, 0.1) is 0 Å². The molecule has 104 valence electrons. The van der Waals surface area contributed by atoms with Crippen molar-refractivity contribution in [3.8, 4) is 0 Å². The average molecular weight is 282 g/mol. The van der Waals surface area contributed by atoms with E-state index in [0.717, 1.165) is 6.21 Å². The van der Waals surface area contributed by atoms with Crippen molar-refractivity contribution in [1.29, 1.82) is 0 Å². The van der Waals surface area contributed by atoms with E-state index in [1.165, 1.54) is 0 Å². The molecule has 0 saturated heterocycles. The number of carbonyl (C=O) groups is 2. The molecule has 1 aromatic rings. The number of hydrogen-bond acceptors (Lipinski definition) is 9. The van der Waals surface area contributed by atoms with E-state index in [9.17, 15) is 19.2 Å². The number of carbonyl (C=O) groups excluding carboxylic acids is 1. The monoisotopic (exact) mass is 282 g/mol. The zero-order valence-corrected chi connectivity index (χ0v) is 9.48. The molecule has 0 fully saturated rings. The molecule has 0 amide bonds. The maximum absolute atomic E-state index is 11.8. The number of carboxylic acid groups (broad SMARTS) is 1. The summed E-state index contributed by atoms with van der Waals surface area (Å²) in [4.78, 5) is 48.7. The predicted molar refractivity (Wildman–Crippen MR) is 60.3 cm³/mol. The smallest absolute Gasteiger partial charge is 0.359 e. The van der Waals surface area contributed by atoms with E-state index in [-0.39, 0.29) is 0 Å². The Kier molecular flexibility index (Phi) is 2.99. The number of aromatic carboxylic acids is 1. The standard InChI is InChI=1S/C8H6N6O6/c9-8(1-10-14-13-8)20-6(18)3-2(5(16)17)4(15)12-7(19)11-3/h1H,9H2,(H,16,17)(H2,11,12,15,19). The number of H-pyrrole nitrogens is 2. The van der Waals surface area contributed by atoms with Gasteiger partial charge < -0.3 is 14.8 Å². The predicted octanol–water partition coefficient (Wildman–Crippen LogP) is -2.02. The highest BCUT2D eigenvalue weighted by Gasteiger charge is 2.34. The van der Waals surface area contributed by atoms with Crippen LogP contribution in [0.15, 0.2) is 25.0 Å². The highest BCUT2D eigenvalue weighted by atomic mass is 16.6. The van der Waals surface area contributed by atoms with Crippen LogP contribution >= 0.6 is 0 Å². The minimum atomic E-state index is -2.02. The summed E-state index contributed by atoms with van der Waals surface area (Å²) in [6.07, 6.45) is 0.872. The Morgan fingerprint density at radius 1 is 1.35 bits per heavy atom. The molecule has 1 atom stereocenters. The summed E-state index contributed by atoms with van der Waals surface area (Å²) < 4.78 is 4.63. The number of nitrogens with zero attached hydrogens (tertiary/aromatic N) is 3. The lowest BCUT2D eigenvalue weighted by atomic mass is 10.2. The number of esters is 1. The first kappa shape index (κ1) is 13.3. The third kappa shape index (κ3) is 2.35. The largest absolute Gasteiger partial charge is 0.477 e. The molecule has 0 radical (unpaired) electrons. The number of ether oxygens (including phenoxy) is 1. The van der Waals surface area contributed by atoms with Gasteiger partial charge in [0, 0.05) is 0 Å². The minimum absolute atomic E-state index is 0.869. The molecule has 5 N–H and O–H groups in total. The highest BCUT2D eigenvalue weighted by Crippen LogP contribution is 2.12. The zero-order valence-electron chi connectivity index (χ0n) is 9.48. The summed E-state index contributed by atoms with van der Waals surface area (Å²) in [5, 5.41) is 18.5. The highest BCUT2D eigenvalue weighted by molar-refractivity contribution is 6.01. The number of rotatable bonds is 3. The number of aromatic nitrogens is 2. The van der Waals surface area contributed by atoms with Gasteiger partial charge in [-0.3, -0.25) is 15.5 Å². The maximum Gasteiger partial charge on any atom is 0.359 e. The fourth-order valence-corrected chi connectivity index (χ4v) is 1.32. The van der Waals surface area contributed by atoms with E-state index >= 15 is 0 Å². The number of aromatic amines is 2. The first-order valence-corrected chi connectivity index (χ1v) is 4.91. The molecule has 1 aliphatic heterocycles. The molecule has 2 rings (SSSR count). The SMILES string of the molecule is NC1(OC(=O)c2[nH]c(=O)[nH]c(=O)c2C(=O)O)C=NN=N1. The normalized spacial score (nSPS) is 20.1.